The summed E-state index contributed by atoms with van der Waals surface area (Å²) >= 11 is 1.31. The van der Waals surface area contributed by atoms with Crippen LogP contribution >= 0.6 is 11.3 Å². The summed E-state index contributed by atoms with van der Waals surface area (Å²) in [6, 6.07) is 14.8. The Morgan fingerprint density at radius 1 is 1.09 bits per heavy atom. The van der Waals surface area contributed by atoms with Crippen LogP contribution in [-0.2, 0) is 9.53 Å². The third kappa shape index (κ3) is 4.93. The molecule has 1 aliphatic rings. The molecule has 3 aromatic rings. The second kappa shape index (κ2) is 10.3. The molecule has 0 amide bonds. The van der Waals surface area contributed by atoms with Gasteiger partial charge in [0, 0.05) is 19.8 Å². The van der Waals surface area contributed by atoms with Crippen LogP contribution in [0, 0.1) is 0 Å². The molecular formula is C27H29N3O4S. The van der Waals surface area contributed by atoms with Crippen molar-refractivity contribution in [3.8, 4) is 5.75 Å². The molecule has 7 nitrogen and oxygen atoms in total. The molecule has 8 heteroatoms. The molecule has 2 aromatic carbocycles. The van der Waals surface area contributed by atoms with Crippen molar-refractivity contribution in [2.45, 2.75) is 26.8 Å². The Labute approximate surface area is 208 Å². The molecule has 35 heavy (non-hydrogen) atoms. The highest BCUT2D eigenvalue weighted by Crippen LogP contribution is 2.31. The maximum Gasteiger partial charge on any atom is 0.338 e. The number of aromatic nitrogens is 1. The highest BCUT2D eigenvalue weighted by atomic mass is 32.1. The fraction of sp³-hybridized carbons (Fsp3) is 0.296. The third-order valence-corrected chi connectivity index (χ3v) is 6.71. The van der Waals surface area contributed by atoms with Gasteiger partial charge in [-0.1, -0.05) is 35.6 Å². The summed E-state index contributed by atoms with van der Waals surface area (Å²) in [6.07, 6.45) is 1.86. The minimum atomic E-state index is -0.640. The number of carbonyl (C=O) groups is 1. The molecule has 0 fully saturated rings. The molecule has 0 N–H and O–H groups in total. The van der Waals surface area contributed by atoms with Crippen LogP contribution in [0.2, 0.25) is 0 Å². The number of hydrogen-bond acceptors (Lipinski definition) is 7. The average Bonchev–Trinajstić information content (AvgIpc) is 3.13. The molecule has 0 spiro atoms. The maximum absolute atomic E-state index is 13.7. The first kappa shape index (κ1) is 24.5. The summed E-state index contributed by atoms with van der Waals surface area (Å²) in [5.74, 6) is 0.254. The summed E-state index contributed by atoms with van der Waals surface area (Å²) in [6.45, 7) is 6.25. The van der Waals surface area contributed by atoms with Gasteiger partial charge in [0.1, 0.15) is 5.75 Å². The zero-order valence-electron chi connectivity index (χ0n) is 20.6. The molecule has 0 bridgehead atoms. The van der Waals surface area contributed by atoms with E-state index in [1.165, 1.54) is 11.3 Å². The number of ether oxygens (including phenoxy) is 2. The SMILES string of the molecule is CCOC(=O)C1=C(C)N=c2s/c(=C\c3ccc(N(C)C)cc3)c(=O)n2C1c1ccc(OCC)cc1. The van der Waals surface area contributed by atoms with Crippen molar-refractivity contribution < 1.29 is 14.3 Å². The Kier molecular flexibility index (Phi) is 7.21. The van der Waals surface area contributed by atoms with Crippen LogP contribution in [0.15, 0.2) is 69.6 Å². The van der Waals surface area contributed by atoms with Gasteiger partial charge >= 0.3 is 5.97 Å². The summed E-state index contributed by atoms with van der Waals surface area (Å²) < 4.78 is 13.1. The normalized spacial score (nSPS) is 15.5. The van der Waals surface area contributed by atoms with Crippen LogP contribution in [0.3, 0.4) is 0 Å². The van der Waals surface area contributed by atoms with Gasteiger partial charge in [-0.25, -0.2) is 9.79 Å². The first-order valence-electron chi connectivity index (χ1n) is 11.5. The fourth-order valence-corrected chi connectivity index (χ4v) is 5.09. The molecule has 182 valence electrons. The zero-order valence-corrected chi connectivity index (χ0v) is 21.4. The summed E-state index contributed by atoms with van der Waals surface area (Å²) in [7, 11) is 3.97. The van der Waals surface area contributed by atoms with Crippen molar-refractivity contribution in [2.24, 2.45) is 4.99 Å². The van der Waals surface area contributed by atoms with Crippen LogP contribution < -0.4 is 24.5 Å². The molecule has 0 radical (unpaired) electrons. The van der Waals surface area contributed by atoms with E-state index in [2.05, 4.69) is 4.99 Å². The van der Waals surface area contributed by atoms with Crippen LogP contribution in [0.25, 0.3) is 6.08 Å². The van der Waals surface area contributed by atoms with E-state index < -0.39 is 12.0 Å². The largest absolute Gasteiger partial charge is 0.494 e. The van der Waals surface area contributed by atoms with Crippen molar-refractivity contribution in [3.05, 3.63) is 90.6 Å². The average molecular weight is 492 g/mol. The monoisotopic (exact) mass is 491 g/mol. The van der Waals surface area contributed by atoms with Gasteiger partial charge in [-0.2, -0.15) is 0 Å². The lowest BCUT2D eigenvalue weighted by atomic mass is 9.96. The van der Waals surface area contributed by atoms with E-state index in [1.807, 2.05) is 80.5 Å². The van der Waals surface area contributed by atoms with Gasteiger partial charge in [0.05, 0.1) is 35.1 Å². The minimum Gasteiger partial charge on any atom is -0.494 e. The van der Waals surface area contributed by atoms with Crippen molar-refractivity contribution in [1.82, 2.24) is 4.57 Å². The predicted molar refractivity (Wildman–Crippen MR) is 139 cm³/mol. The van der Waals surface area contributed by atoms with Crippen LogP contribution in [-0.4, -0.2) is 37.8 Å². The summed E-state index contributed by atoms with van der Waals surface area (Å²) in [5.41, 5.74) is 3.50. The van der Waals surface area contributed by atoms with E-state index in [1.54, 1.807) is 18.4 Å². The van der Waals surface area contributed by atoms with E-state index in [0.29, 0.717) is 27.2 Å². The molecule has 0 saturated heterocycles. The molecule has 1 aliphatic heterocycles. The Morgan fingerprint density at radius 2 is 1.77 bits per heavy atom. The van der Waals surface area contributed by atoms with Gasteiger partial charge in [-0.3, -0.25) is 9.36 Å². The second-order valence-corrected chi connectivity index (χ2v) is 9.30. The topological polar surface area (TPSA) is 73.1 Å². The summed E-state index contributed by atoms with van der Waals surface area (Å²) in [4.78, 5) is 33.8. The van der Waals surface area contributed by atoms with Crippen LogP contribution in [0.5, 0.6) is 5.75 Å². The lowest BCUT2D eigenvalue weighted by Crippen LogP contribution is -2.39. The molecular weight excluding hydrogens is 462 g/mol. The highest BCUT2D eigenvalue weighted by molar-refractivity contribution is 7.07. The van der Waals surface area contributed by atoms with Gasteiger partial charge in [0.25, 0.3) is 5.56 Å². The van der Waals surface area contributed by atoms with Crippen molar-refractivity contribution >= 4 is 29.1 Å². The summed E-state index contributed by atoms with van der Waals surface area (Å²) in [5, 5.41) is 0. The van der Waals surface area contributed by atoms with E-state index >= 15 is 0 Å². The number of fused-ring (bicyclic) bond motifs is 1. The Bertz CT molecular complexity index is 1430. The molecule has 2 heterocycles. The first-order valence-corrected chi connectivity index (χ1v) is 12.4. The molecule has 1 atom stereocenters. The van der Waals surface area contributed by atoms with Gasteiger partial charge in [0.15, 0.2) is 4.80 Å². The number of thiazole rings is 1. The van der Waals surface area contributed by atoms with Gasteiger partial charge in [0.2, 0.25) is 0 Å². The second-order valence-electron chi connectivity index (χ2n) is 8.29. The molecule has 4 rings (SSSR count). The number of allylic oxidation sites excluding steroid dienone is 1. The first-order chi connectivity index (χ1) is 16.8. The lowest BCUT2D eigenvalue weighted by molar-refractivity contribution is -0.139. The number of nitrogens with zero attached hydrogens (tertiary/aromatic N) is 3. The number of anilines is 1. The van der Waals surface area contributed by atoms with E-state index in [4.69, 9.17) is 9.47 Å². The van der Waals surface area contributed by atoms with E-state index in [0.717, 1.165) is 22.6 Å². The number of hydrogen-bond donors (Lipinski definition) is 0. The lowest BCUT2D eigenvalue weighted by Gasteiger charge is -2.24. The van der Waals surface area contributed by atoms with Crippen molar-refractivity contribution in [1.29, 1.82) is 0 Å². The quantitative estimate of drug-likeness (QED) is 0.475. The predicted octanol–water partition coefficient (Wildman–Crippen LogP) is 3.26. The van der Waals surface area contributed by atoms with Crippen LogP contribution in [0.1, 0.15) is 37.9 Å². The Morgan fingerprint density at radius 3 is 2.37 bits per heavy atom. The Balaban J connectivity index is 1.87. The van der Waals surface area contributed by atoms with Gasteiger partial charge in [-0.05, 0) is 62.2 Å². The van der Waals surface area contributed by atoms with Crippen molar-refractivity contribution in [3.63, 3.8) is 0 Å². The smallest absolute Gasteiger partial charge is 0.338 e. The molecule has 0 saturated carbocycles. The minimum absolute atomic E-state index is 0.196. The van der Waals surface area contributed by atoms with E-state index in [9.17, 15) is 9.59 Å². The van der Waals surface area contributed by atoms with E-state index in [-0.39, 0.29) is 12.2 Å². The Hall–Kier alpha value is -3.65. The van der Waals surface area contributed by atoms with Gasteiger partial charge < -0.3 is 14.4 Å². The molecule has 1 unspecified atom stereocenters. The zero-order chi connectivity index (χ0) is 25.1. The van der Waals surface area contributed by atoms with Gasteiger partial charge in [-0.15, -0.1) is 0 Å². The fourth-order valence-electron chi connectivity index (χ4n) is 4.04. The number of rotatable bonds is 7. The number of esters is 1. The number of carbonyl (C=O) groups excluding carboxylic acids is 1. The highest BCUT2D eigenvalue weighted by Gasteiger charge is 2.33. The molecule has 0 aliphatic carbocycles. The third-order valence-electron chi connectivity index (χ3n) is 5.73. The van der Waals surface area contributed by atoms with Crippen LogP contribution in [0.4, 0.5) is 5.69 Å². The maximum atomic E-state index is 13.7. The van der Waals surface area contributed by atoms with Crippen molar-refractivity contribution in [2.75, 3.05) is 32.2 Å². The number of benzene rings is 2. The molecule has 1 aromatic heterocycles. The standard InChI is InChI=1S/C27H29N3O4S/c1-6-33-21-14-10-19(11-15-21)24-23(26(32)34-7-2)17(3)28-27-30(24)25(31)22(35-27)16-18-8-12-20(13-9-18)29(4)5/h8-16,24H,6-7H2,1-5H3/b22-16-.